The zero-order chi connectivity index (χ0) is 13.4. The molecule has 0 fully saturated rings. The van der Waals surface area contributed by atoms with E-state index < -0.39 is 0 Å². The van der Waals surface area contributed by atoms with E-state index in [9.17, 15) is 4.79 Å². The number of hydrogen-bond acceptors (Lipinski definition) is 4. The predicted molar refractivity (Wildman–Crippen MR) is 73.3 cm³/mol. The van der Waals surface area contributed by atoms with Crippen LogP contribution in [0, 0.1) is 0 Å². The van der Waals surface area contributed by atoms with Crippen molar-refractivity contribution >= 4 is 11.7 Å². The average molecular weight is 250 g/mol. The second-order valence-electron chi connectivity index (χ2n) is 4.30. The minimum atomic E-state index is -0.327. The Bertz CT molecular complexity index is 364. The summed E-state index contributed by atoms with van der Waals surface area (Å²) in [5.74, 6) is 0.481. The first kappa shape index (κ1) is 14.4. The summed E-state index contributed by atoms with van der Waals surface area (Å²) < 4.78 is 0. The molecule has 0 radical (unpaired) electrons. The summed E-state index contributed by atoms with van der Waals surface area (Å²) in [6.07, 6.45) is 3.92. The molecule has 1 rings (SSSR count). The molecule has 5 heteroatoms. The van der Waals surface area contributed by atoms with Gasteiger partial charge < -0.3 is 16.0 Å². The highest BCUT2D eigenvalue weighted by molar-refractivity contribution is 5.79. The van der Waals surface area contributed by atoms with Gasteiger partial charge in [0, 0.05) is 19.3 Å². The van der Waals surface area contributed by atoms with E-state index in [2.05, 4.69) is 17.2 Å². The van der Waals surface area contributed by atoms with Crippen LogP contribution in [-0.4, -0.2) is 31.0 Å². The number of nitrogens with zero attached hydrogens (tertiary/aromatic N) is 2. The molecule has 3 N–H and O–H groups in total. The van der Waals surface area contributed by atoms with Gasteiger partial charge in [-0.1, -0.05) is 19.4 Å². The van der Waals surface area contributed by atoms with E-state index in [4.69, 9.17) is 5.73 Å². The van der Waals surface area contributed by atoms with Crippen molar-refractivity contribution in [2.45, 2.75) is 26.3 Å². The predicted octanol–water partition coefficient (Wildman–Crippen LogP) is 0.893. The van der Waals surface area contributed by atoms with Gasteiger partial charge >= 0.3 is 0 Å². The number of hydrogen-bond donors (Lipinski definition) is 2. The fraction of sp³-hybridized carbons (Fsp3) is 0.538. The lowest BCUT2D eigenvalue weighted by Crippen LogP contribution is -2.35. The molecule has 1 heterocycles. The van der Waals surface area contributed by atoms with E-state index >= 15 is 0 Å². The van der Waals surface area contributed by atoms with E-state index in [1.807, 2.05) is 30.3 Å². The smallest absolute Gasteiger partial charge is 0.236 e. The van der Waals surface area contributed by atoms with E-state index in [1.54, 1.807) is 0 Å². The van der Waals surface area contributed by atoms with Gasteiger partial charge in [-0.05, 0) is 25.1 Å². The summed E-state index contributed by atoms with van der Waals surface area (Å²) in [5, 5.41) is 3.07. The first-order valence-electron chi connectivity index (χ1n) is 6.30. The molecule has 0 aliphatic rings. The molecule has 0 unspecified atom stereocenters. The summed E-state index contributed by atoms with van der Waals surface area (Å²) in [6, 6.07) is 3.95. The quantitative estimate of drug-likeness (QED) is 0.719. The lowest BCUT2D eigenvalue weighted by atomic mass is 10.2. The Morgan fingerprint density at radius 2 is 2.28 bits per heavy atom. The van der Waals surface area contributed by atoms with Crippen LogP contribution in [0.25, 0.3) is 0 Å². The van der Waals surface area contributed by atoms with Gasteiger partial charge in [0.15, 0.2) is 0 Å². The number of carbonyl (C=O) groups is 1. The number of rotatable bonds is 8. The molecular weight excluding hydrogens is 228 g/mol. The number of nitrogens with two attached hydrogens (primary N) is 1. The molecule has 0 aliphatic heterocycles. The number of primary amides is 1. The fourth-order valence-electron chi connectivity index (χ4n) is 1.72. The number of anilines is 1. The van der Waals surface area contributed by atoms with Crippen molar-refractivity contribution < 1.29 is 4.79 Å². The minimum absolute atomic E-state index is 0.221. The first-order chi connectivity index (χ1) is 8.67. The summed E-state index contributed by atoms with van der Waals surface area (Å²) in [6.45, 7) is 3.93. The molecule has 5 nitrogen and oxygen atoms in total. The Morgan fingerprint density at radius 3 is 2.78 bits per heavy atom. The third-order valence-electron chi connectivity index (χ3n) is 2.64. The van der Waals surface area contributed by atoms with Crippen molar-refractivity contribution in [2.24, 2.45) is 5.73 Å². The van der Waals surface area contributed by atoms with E-state index in [1.165, 1.54) is 0 Å². The lowest BCUT2D eigenvalue weighted by Gasteiger charge is -2.22. The van der Waals surface area contributed by atoms with Crippen molar-refractivity contribution in [3.05, 3.63) is 23.9 Å². The van der Waals surface area contributed by atoms with Gasteiger partial charge in [-0.25, -0.2) is 4.98 Å². The number of pyridine rings is 1. The summed E-state index contributed by atoms with van der Waals surface area (Å²) in [7, 11) is 1.90. The van der Waals surface area contributed by atoms with Gasteiger partial charge in [-0.15, -0.1) is 0 Å². The number of unbranched alkanes of at least 4 members (excludes halogenated alkanes) is 1. The summed E-state index contributed by atoms with van der Waals surface area (Å²) in [5.41, 5.74) is 6.38. The van der Waals surface area contributed by atoms with Crippen LogP contribution >= 0.6 is 0 Å². The van der Waals surface area contributed by atoms with E-state index in [0.29, 0.717) is 0 Å². The molecule has 0 saturated carbocycles. The molecular formula is C13H22N4O. The van der Waals surface area contributed by atoms with Gasteiger partial charge in [0.2, 0.25) is 5.91 Å². The highest BCUT2D eigenvalue weighted by atomic mass is 16.1. The molecule has 100 valence electrons. The molecule has 1 aromatic heterocycles. The highest BCUT2D eigenvalue weighted by Gasteiger charge is 2.10. The standard InChI is InChI=1S/C13H22N4O/c1-3-4-7-17(10-12(14)18)13-6-5-11(8-15-2)9-16-13/h5-6,9,15H,3-4,7-8,10H2,1-2H3,(H2,14,18). The van der Waals surface area contributed by atoms with Crippen LogP contribution in [0.4, 0.5) is 5.82 Å². The summed E-state index contributed by atoms with van der Waals surface area (Å²) in [4.78, 5) is 17.4. The van der Waals surface area contributed by atoms with Crippen LogP contribution in [-0.2, 0) is 11.3 Å². The maximum Gasteiger partial charge on any atom is 0.236 e. The number of nitrogens with one attached hydrogen (secondary N) is 1. The molecule has 1 aromatic rings. The second-order valence-corrected chi connectivity index (χ2v) is 4.30. The molecule has 1 amide bonds. The van der Waals surface area contributed by atoms with Gasteiger partial charge in [-0.3, -0.25) is 4.79 Å². The normalized spacial score (nSPS) is 10.3. The first-order valence-corrected chi connectivity index (χ1v) is 6.30. The van der Waals surface area contributed by atoms with Gasteiger partial charge in [-0.2, -0.15) is 0 Å². The van der Waals surface area contributed by atoms with Gasteiger partial charge in [0.05, 0.1) is 6.54 Å². The van der Waals surface area contributed by atoms with Crippen LogP contribution in [0.3, 0.4) is 0 Å². The number of aromatic nitrogens is 1. The third-order valence-corrected chi connectivity index (χ3v) is 2.64. The fourth-order valence-corrected chi connectivity index (χ4v) is 1.72. The van der Waals surface area contributed by atoms with Gasteiger partial charge in [0.25, 0.3) is 0 Å². The van der Waals surface area contributed by atoms with Crippen molar-refractivity contribution in [2.75, 3.05) is 25.0 Å². The zero-order valence-electron chi connectivity index (χ0n) is 11.1. The monoisotopic (exact) mass is 250 g/mol. The minimum Gasteiger partial charge on any atom is -0.368 e. The van der Waals surface area contributed by atoms with Gasteiger partial charge in [0.1, 0.15) is 5.82 Å². The molecule has 0 bridgehead atoms. The maximum atomic E-state index is 11.1. The SMILES string of the molecule is CCCCN(CC(N)=O)c1ccc(CNC)cn1. The molecule has 18 heavy (non-hydrogen) atoms. The third kappa shape index (κ3) is 4.71. The molecule has 0 spiro atoms. The lowest BCUT2D eigenvalue weighted by molar-refractivity contribution is -0.116. The Kier molecular flexibility index (Phi) is 6.14. The average Bonchev–Trinajstić information content (AvgIpc) is 2.35. The summed E-state index contributed by atoms with van der Waals surface area (Å²) >= 11 is 0. The number of carbonyl (C=O) groups excluding carboxylic acids is 1. The van der Waals surface area contributed by atoms with Crippen LogP contribution in [0.1, 0.15) is 25.3 Å². The van der Waals surface area contributed by atoms with Crippen LogP contribution < -0.4 is 16.0 Å². The highest BCUT2D eigenvalue weighted by Crippen LogP contribution is 2.12. The Labute approximate surface area is 108 Å². The topological polar surface area (TPSA) is 71.2 Å². The Balaban J connectivity index is 2.73. The molecule has 0 aromatic carbocycles. The number of amides is 1. The van der Waals surface area contributed by atoms with Crippen LogP contribution in [0.2, 0.25) is 0 Å². The van der Waals surface area contributed by atoms with Crippen molar-refractivity contribution in [1.82, 2.24) is 10.3 Å². The zero-order valence-corrected chi connectivity index (χ0v) is 11.1. The van der Waals surface area contributed by atoms with Crippen LogP contribution in [0.5, 0.6) is 0 Å². The molecule has 0 saturated heterocycles. The van der Waals surface area contributed by atoms with Crippen molar-refractivity contribution in [3.63, 3.8) is 0 Å². The Morgan fingerprint density at radius 1 is 1.50 bits per heavy atom. The second kappa shape index (κ2) is 7.66. The van der Waals surface area contributed by atoms with Crippen molar-refractivity contribution in [3.8, 4) is 0 Å². The van der Waals surface area contributed by atoms with Crippen LogP contribution in [0.15, 0.2) is 18.3 Å². The van der Waals surface area contributed by atoms with E-state index in [0.717, 1.165) is 37.3 Å². The molecule has 0 aliphatic carbocycles. The van der Waals surface area contributed by atoms with Crippen molar-refractivity contribution in [1.29, 1.82) is 0 Å². The van der Waals surface area contributed by atoms with E-state index in [-0.39, 0.29) is 12.5 Å². The molecule has 0 atom stereocenters. The maximum absolute atomic E-state index is 11.1. The largest absolute Gasteiger partial charge is 0.368 e. The Hall–Kier alpha value is -1.62.